The van der Waals surface area contributed by atoms with Gasteiger partial charge in [-0.25, -0.2) is 4.79 Å². The quantitative estimate of drug-likeness (QED) is 0.283. The van der Waals surface area contributed by atoms with Gasteiger partial charge in [0.05, 0.1) is 6.04 Å². The highest BCUT2D eigenvalue weighted by molar-refractivity contribution is 5.92. The summed E-state index contributed by atoms with van der Waals surface area (Å²) in [4.78, 5) is 48.1. The van der Waals surface area contributed by atoms with E-state index in [1.807, 2.05) is 0 Å². The first kappa shape index (κ1) is 21.8. The Morgan fingerprint density at radius 1 is 1.15 bits per heavy atom. The molecule has 1 fully saturated rings. The first-order valence-electron chi connectivity index (χ1n) is 8.79. The number of carbonyl (C=O) groups is 4. The molecule has 1 aliphatic rings. The second-order valence-corrected chi connectivity index (χ2v) is 6.41. The molecule has 3 atom stereocenters. The standard InChI is InChI=1S/C16H28N4O6/c17-8-2-1-4-11(19-14(23)10(18)6-7-13(21)22)15(24)20-9-3-5-12(20)16(25)26/h10-12H,1-9,17-18H2,(H,19,23)(H,21,22)(H,25,26). The van der Waals surface area contributed by atoms with Crippen molar-refractivity contribution < 1.29 is 29.4 Å². The van der Waals surface area contributed by atoms with Crippen LogP contribution in [0.5, 0.6) is 0 Å². The molecule has 7 N–H and O–H groups in total. The molecule has 10 nitrogen and oxygen atoms in total. The van der Waals surface area contributed by atoms with Crippen LogP contribution in [0.1, 0.15) is 44.9 Å². The molecular formula is C16H28N4O6. The molecule has 1 aliphatic heterocycles. The third kappa shape index (κ3) is 6.60. The maximum absolute atomic E-state index is 12.8. The van der Waals surface area contributed by atoms with Gasteiger partial charge in [-0.05, 0) is 45.1 Å². The number of amides is 2. The number of nitrogens with zero attached hydrogens (tertiary/aromatic N) is 1. The first-order chi connectivity index (χ1) is 12.3. The minimum Gasteiger partial charge on any atom is -0.481 e. The van der Waals surface area contributed by atoms with Crippen LogP contribution < -0.4 is 16.8 Å². The predicted molar refractivity (Wildman–Crippen MR) is 92.1 cm³/mol. The zero-order valence-corrected chi connectivity index (χ0v) is 14.7. The smallest absolute Gasteiger partial charge is 0.326 e. The lowest BCUT2D eigenvalue weighted by atomic mass is 10.1. The summed E-state index contributed by atoms with van der Waals surface area (Å²) in [5.41, 5.74) is 11.1. The van der Waals surface area contributed by atoms with Crippen molar-refractivity contribution in [3.8, 4) is 0 Å². The zero-order chi connectivity index (χ0) is 19.7. The van der Waals surface area contributed by atoms with Gasteiger partial charge in [0.2, 0.25) is 11.8 Å². The molecule has 148 valence electrons. The molecule has 0 aliphatic carbocycles. The number of rotatable bonds is 11. The van der Waals surface area contributed by atoms with Gasteiger partial charge < -0.3 is 31.9 Å². The van der Waals surface area contributed by atoms with E-state index in [1.54, 1.807) is 0 Å². The molecule has 1 rings (SSSR count). The van der Waals surface area contributed by atoms with E-state index in [-0.39, 0.29) is 12.8 Å². The molecule has 0 aromatic carbocycles. The summed E-state index contributed by atoms with van der Waals surface area (Å²) in [5, 5.41) is 20.5. The van der Waals surface area contributed by atoms with E-state index in [0.29, 0.717) is 45.2 Å². The van der Waals surface area contributed by atoms with Gasteiger partial charge in [-0.3, -0.25) is 14.4 Å². The minimum absolute atomic E-state index is 0.0493. The van der Waals surface area contributed by atoms with Crippen LogP contribution in [0.2, 0.25) is 0 Å². The first-order valence-corrected chi connectivity index (χ1v) is 8.79. The number of carboxylic acid groups (broad SMARTS) is 2. The highest BCUT2D eigenvalue weighted by atomic mass is 16.4. The lowest BCUT2D eigenvalue weighted by Crippen LogP contribution is -2.54. The Labute approximate surface area is 151 Å². The number of nitrogens with two attached hydrogens (primary N) is 2. The molecular weight excluding hydrogens is 344 g/mol. The molecule has 26 heavy (non-hydrogen) atoms. The molecule has 0 aromatic heterocycles. The molecule has 0 aromatic rings. The topological polar surface area (TPSA) is 176 Å². The van der Waals surface area contributed by atoms with Crippen LogP contribution in [0, 0.1) is 0 Å². The lowest BCUT2D eigenvalue weighted by molar-refractivity contribution is -0.149. The highest BCUT2D eigenvalue weighted by Gasteiger charge is 2.37. The summed E-state index contributed by atoms with van der Waals surface area (Å²) in [7, 11) is 0. The molecule has 0 radical (unpaired) electrons. The van der Waals surface area contributed by atoms with Crippen LogP contribution in [0.15, 0.2) is 0 Å². The Kier molecular flexibility index (Phi) is 9.00. The van der Waals surface area contributed by atoms with Crippen molar-refractivity contribution in [3.63, 3.8) is 0 Å². The third-order valence-corrected chi connectivity index (χ3v) is 4.39. The van der Waals surface area contributed by atoms with Crippen LogP contribution >= 0.6 is 0 Å². The molecule has 1 heterocycles. The van der Waals surface area contributed by atoms with Gasteiger partial charge in [0.1, 0.15) is 12.1 Å². The van der Waals surface area contributed by atoms with Crippen LogP contribution in [0.4, 0.5) is 0 Å². The Bertz CT molecular complexity index is 527. The molecule has 1 saturated heterocycles. The van der Waals surface area contributed by atoms with Gasteiger partial charge >= 0.3 is 11.9 Å². The molecule has 0 bridgehead atoms. The van der Waals surface area contributed by atoms with Crippen molar-refractivity contribution in [2.45, 2.75) is 63.1 Å². The van der Waals surface area contributed by atoms with Gasteiger partial charge in [-0.1, -0.05) is 0 Å². The van der Waals surface area contributed by atoms with Crippen LogP contribution in [0.3, 0.4) is 0 Å². The maximum atomic E-state index is 12.8. The van der Waals surface area contributed by atoms with E-state index in [0.717, 1.165) is 0 Å². The van der Waals surface area contributed by atoms with Gasteiger partial charge in [-0.15, -0.1) is 0 Å². The second-order valence-electron chi connectivity index (χ2n) is 6.41. The number of hydrogen-bond donors (Lipinski definition) is 5. The average molecular weight is 372 g/mol. The fourth-order valence-electron chi connectivity index (χ4n) is 2.93. The zero-order valence-electron chi connectivity index (χ0n) is 14.7. The number of aliphatic carboxylic acids is 2. The lowest BCUT2D eigenvalue weighted by Gasteiger charge is -2.28. The minimum atomic E-state index is -1.07. The highest BCUT2D eigenvalue weighted by Crippen LogP contribution is 2.20. The van der Waals surface area contributed by atoms with Crippen molar-refractivity contribution >= 4 is 23.8 Å². The van der Waals surface area contributed by atoms with Gasteiger partial charge in [-0.2, -0.15) is 0 Å². The van der Waals surface area contributed by atoms with E-state index in [9.17, 15) is 24.3 Å². The number of carboxylic acids is 2. The Balaban J connectivity index is 2.76. The van der Waals surface area contributed by atoms with Crippen molar-refractivity contribution in [2.24, 2.45) is 11.5 Å². The summed E-state index contributed by atoms with van der Waals surface area (Å²) >= 11 is 0. The van der Waals surface area contributed by atoms with Gasteiger partial charge in [0, 0.05) is 13.0 Å². The van der Waals surface area contributed by atoms with Crippen LogP contribution in [-0.2, 0) is 19.2 Å². The number of carbonyl (C=O) groups excluding carboxylic acids is 2. The van der Waals surface area contributed by atoms with Crippen molar-refractivity contribution in [2.75, 3.05) is 13.1 Å². The summed E-state index contributed by atoms with van der Waals surface area (Å²) in [6, 6.07) is -2.84. The number of hydrogen-bond acceptors (Lipinski definition) is 6. The Hall–Kier alpha value is -2.20. The summed E-state index contributed by atoms with van der Waals surface area (Å²) in [6.45, 7) is 0.762. The SMILES string of the molecule is NCCCCC(NC(=O)C(N)CCC(=O)O)C(=O)N1CCCC1C(=O)O. The van der Waals surface area contributed by atoms with E-state index in [4.69, 9.17) is 16.6 Å². The van der Waals surface area contributed by atoms with Crippen molar-refractivity contribution in [1.82, 2.24) is 10.2 Å². The molecule has 0 spiro atoms. The van der Waals surface area contributed by atoms with E-state index in [1.165, 1.54) is 4.90 Å². The van der Waals surface area contributed by atoms with E-state index >= 15 is 0 Å². The Morgan fingerprint density at radius 2 is 1.85 bits per heavy atom. The third-order valence-electron chi connectivity index (χ3n) is 4.39. The fraction of sp³-hybridized carbons (Fsp3) is 0.750. The van der Waals surface area contributed by atoms with E-state index in [2.05, 4.69) is 5.32 Å². The van der Waals surface area contributed by atoms with Gasteiger partial charge in [0.25, 0.3) is 0 Å². The average Bonchev–Trinajstić information content (AvgIpc) is 3.08. The number of likely N-dealkylation sites (tertiary alicyclic amines) is 1. The number of nitrogens with one attached hydrogen (secondary N) is 1. The maximum Gasteiger partial charge on any atom is 0.326 e. The summed E-state index contributed by atoms with van der Waals surface area (Å²) < 4.78 is 0. The number of unbranched alkanes of at least 4 members (excludes halogenated alkanes) is 1. The molecule has 2 amide bonds. The summed E-state index contributed by atoms with van der Waals surface area (Å²) in [5.74, 6) is -3.21. The second kappa shape index (κ2) is 10.7. The largest absolute Gasteiger partial charge is 0.481 e. The van der Waals surface area contributed by atoms with Crippen molar-refractivity contribution in [3.05, 3.63) is 0 Å². The fourth-order valence-corrected chi connectivity index (χ4v) is 2.93. The molecule has 10 heteroatoms. The Morgan fingerprint density at radius 3 is 2.42 bits per heavy atom. The van der Waals surface area contributed by atoms with Crippen LogP contribution in [-0.4, -0.2) is 70.1 Å². The van der Waals surface area contributed by atoms with Crippen molar-refractivity contribution in [1.29, 1.82) is 0 Å². The normalized spacial score (nSPS) is 19.0. The van der Waals surface area contributed by atoms with Crippen LogP contribution in [0.25, 0.3) is 0 Å². The molecule has 0 saturated carbocycles. The van der Waals surface area contributed by atoms with E-state index < -0.39 is 41.9 Å². The van der Waals surface area contributed by atoms with Gasteiger partial charge in [0.15, 0.2) is 0 Å². The molecule has 3 unspecified atom stereocenters. The predicted octanol–water partition coefficient (Wildman–Crippen LogP) is -1.13. The monoisotopic (exact) mass is 372 g/mol. The summed E-state index contributed by atoms with van der Waals surface area (Å²) in [6.07, 6.45) is 2.22.